The Morgan fingerprint density at radius 2 is 1.46 bits per heavy atom. The molecule has 0 atom stereocenters. The molecule has 204 valence electrons. The van der Waals surface area contributed by atoms with Gasteiger partial charge in [-0.25, -0.2) is 4.79 Å². The van der Waals surface area contributed by atoms with Crippen LogP contribution in [0.5, 0.6) is 5.75 Å². The van der Waals surface area contributed by atoms with Crippen molar-refractivity contribution in [2.24, 2.45) is 5.92 Å². The number of anilines is 1. The first kappa shape index (κ1) is 28.2. The number of carbonyl (C=O) groups is 2. The molecule has 0 bridgehead atoms. The second-order valence-electron chi connectivity index (χ2n) is 11.3. The minimum Gasteiger partial charge on any atom is -0.493 e. The molecule has 4 rings (SSSR count). The smallest absolute Gasteiger partial charge is 0.337 e. The molecule has 1 aliphatic carbocycles. The van der Waals surface area contributed by atoms with Gasteiger partial charge in [0, 0.05) is 11.3 Å². The number of hydrogen-bond donors (Lipinski definition) is 1. The summed E-state index contributed by atoms with van der Waals surface area (Å²) < 4.78 is 10.8. The van der Waals surface area contributed by atoms with Gasteiger partial charge < -0.3 is 14.8 Å². The highest BCUT2D eigenvalue weighted by Crippen LogP contribution is 2.28. The predicted octanol–water partition coefficient (Wildman–Crippen LogP) is 7.91. The van der Waals surface area contributed by atoms with Gasteiger partial charge in [-0.15, -0.1) is 0 Å². The fraction of sp³-hybridized carbons (Fsp3) is 0.353. The molecule has 3 aromatic carbocycles. The highest BCUT2D eigenvalue weighted by atomic mass is 16.5. The molecule has 1 fully saturated rings. The molecule has 3 aromatic rings. The summed E-state index contributed by atoms with van der Waals surface area (Å²) in [6.45, 7) is 7.24. The second-order valence-corrected chi connectivity index (χ2v) is 11.3. The lowest BCUT2D eigenvalue weighted by Crippen LogP contribution is -2.15. The Balaban J connectivity index is 1.53. The number of amides is 1. The van der Waals surface area contributed by atoms with Crippen molar-refractivity contribution < 1.29 is 19.1 Å². The molecule has 5 heteroatoms. The van der Waals surface area contributed by atoms with E-state index in [1.807, 2.05) is 54.6 Å². The largest absolute Gasteiger partial charge is 0.493 e. The van der Waals surface area contributed by atoms with Gasteiger partial charge in [0.2, 0.25) is 0 Å². The van der Waals surface area contributed by atoms with Gasteiger partial charge in [0.05, 0.1) is 19.3 Å². The summed E-state index contributed by atoms with van der Waals surface area (Å²) in [5, 5.41) is 3.04. The van der Waals surface area contributed by atoms with Gasteiger partial charge in [-0.1, -0.05) is 76.4 Å². The molecule has 0 radical (unpaired) electrons. The number of carbonyl (C=O) groups excluding carboxylic acids is 2. The molecular formula is C34H39NO4. The fourth-order valence-corrected chi connectivity index (χ4v) is 4.83. The molecule has 0 heterocycles. The van der Waals surface area contributed by atoms with Gasteiger partial charge in [-0.2, -0.15) is 0 Å². The van der Waals surface area contributed by atoms with Crippen molar-refractivity contribution in [3.05, 3.63) is 95.1 Å². The summed E-state index contributed by atoms with van der Waals surface area (Å²) in [4.78, 5) is 25.4. The third-order valence-electron chi connectivity index (χ3n) is 7.27. The number of methoxy groups -OCH3 is 1. The fourth-order valence-electron chi connectivity index (χ4n) is 4.83. The van der Waals surface area contributed by atoms with Crippen molar-refractivity contribution >= 4 is 29.2 Å². The lowest BCUT2D eigenvalue weighted by atomic mass is 9.86. The maximum Gasteiger partial charge on any atom is 0.337 e. The van der Waals surface area contributed by atoms with E-state index in [1.165, 1.54) is 44.8 Å². The van der Waals surface area contributed by atoms with Crippen LogP contribution < -0.4 is 10.1 Å². The number of rotatable bonds is 8. The Bertz CT molecular complexity index is 1280. The lowest BCUT2D eigenvalue weighted by molar-refractivity contribution is -0.111. The van der Waals surface area contributed by atoms with Crippen LogP contribution >= 0.6 is 0 Å². The van der Waals surface area contributed by atoms with Crippen molar-refractivity contribution in [1.82, 2.24) is 0 Å². The predicted molar refractivity (Wildman–Crippen MR) is 158 cm³/mol. The Kier molecular flexibility index (Phi) is 9.23. The standard InChI is InChI=1S/C34H39NO4/c1-34(2,3)28-16-14-26(15-17-28)31(22-24-10-12-27(13-11-24)33(37)38-4)32(36)35-29-18-20-30(21-19-29)39-23-25-8-6-5-7-9-25/h10-22,25H,5-9,23H2,1-4H3,(H,35,36)/b31-22+. The zero-order valence-electron chi connectivity index (χ0n) is 23.5. The average Bonchev–Trinajstić information content (AvgIpc) is 2.95. The zero-order chi connectivity index (χ0) is 27.8. The summed E-state index contributed by atoms with van der Waals surface area (Å²) in [6, 6.07) is 22.7. The van der Waals surface area contributed by atoms with Gasteiger partial charge >= 0.3 is 5.97 Å². The van der Waals surface area contributed by atoms with E-state index in [4.69, 9.17) is 9.47 Å². The summed E-state index contributed by atoms with van der Waals surface area (Å²) in [6.07, 6.45) is 8.24. The van der Waals surface area contributed by atoms with E-state index in [-0.39, 0.29) is 11.3 Å². The number of esters is 1. The molecule has 0 aromatic heterocycles. The van der Waals surface area contributed by atoms with Crippen molar-refractivity contribution in [2.45, 2.75) is 58.3 Å². The topological polar surface area (TPSA) is 64.6 Å². The van der Waals surface area contributed by atoms with Crippen LogP contribution in [0.15, 0.2) is 72.8 Å². The molecule has 0 saturated heterocycles. The molecule has 39 heavy (non-hydrogen) atoms. The van der Waals surface area contributed by atoms with E-state index in [1.54, 1.807) is 12.1 Å². The molecule has 0 spiro atoms. The van der Waals surface area contributed by atoms with Gasteiger partial charge in [0.1, 0.15) is 5.75 Å². The van der Waals surface area contributed by atoms with Crippen LogP contribution in [0.25, 0.3) is 11.6 Å². The number of benzene rings is 3. The minimum absolute atomic E-state index is 0.00911. The van der Waals surface area contributed by atoms with Crippen LogP contribution in [0.2, 0.25) is 0 Å². The Morgan fingerprint density at radius 3 is 2.05 bits per heavy atom. The zero-order valence-corrected chi connectivity index (χ0v) is 23.5. The SMILES string of the molecule is COC(=O)c1ccc(/C=C(/C(=O)Nc2ccc(OCC3CCCCC3)cc2)c2ccc(C(C)(C)C)cc2)cc1. The van der Waals surface area contributed by atoms with E-state index >= 15 is 0 Å². The Labute approximate surface area is 232 Å². The Hall–Kier alpha value is -3.86. The van der Waals surface area contributed by atoms with Gasteiger partial charge in [-0.3, -0.25) is 4.79 Å². The molecule has 1 aliphatic rings. The molecule has 0 unspecified atom stereocenters. The molecule has 0 aliphatic heterocycles. The van der Waals surface area contributed by atoms with E-state index in [2.05, 4.69) is 38.2 Å². The van der Waals surface area contributed by atoms with Crippen LogP contribution in [0.4, 0.5) is 5.69 Å². The van der Waals surface area contributed by atoms with Crippen LogP contribution in [-0.2, 0) is 14.9 Å². The van der Waals surface area contributed by atoms with E-state index in [0.717, 1.165) is 23.5 Å². The van der Waals surface area contributed by atoms with Crippen molar-refractivity contribution in [3.8, 4) is 5.75 Å². The van der Waals surface area contributed by atoms with Crippen LogP contribution in [0, 0.1) is 5.92 Å². The molecule has 1 saturated carbocycles. The number of nitrogens with one attached hydrogen (secondary N) is 1. The van der Waals surface area contributed by atoms with Crippen molar-refractivity contribution in [3.63, 3.8) is 0 Å². The summed E-state index contributed by atoms with van der Waals surface area (Å²) in [7, 11) is 1.36. The third-order valence-corrected chi connectivity index (χ3v) is 7.27. The Morgan fingerprint density at radius 1 is 0.846 bits per heavy atom. The maximum atomic E-state index is 13.6. The second kappa shape index (κ2) is 12.8. The van der Waals surface area contributed by atoms with Gasteiger partial charge in [0.15, 0.2) is 0 Å². The summed E-state index contributed by atoms with van der Waals surface area (Å²) >= 11 is 0. The third kappa shape index (κ3) is 7.82. The van der Waals surface area contributed by atoms with E-state index in [9.17, 15) is 9.59 Å². The maximum absolute atomic E-state index is 13.6. The molecular weight excluding hydrogens is 486 g/mol. The van der Waals surface area contributed by atoms with Crippen LogP contribution in [-0.4, -0.2) is 25.6 Å². The van der Waals surface area contributed by atoms with E-state index in [0.29, 0.717) is 22.7 Å². The highest BCUT2D eigenvalue weighted by molar-refractivity contribution is 6.29. The van der Waals surface area contributed by atoms with Crippen LogP contribution in [0.3, 0.4) is 0 Å². The van der Waals surface area contributed by atoms with Crippen LogP contribution in [0.1, 0.15) is 79.9 Å². The molecule has 1 amide bonds. The highest BCUT2D eigenvalue weighted by Gasteiger charge is 2.17. The minimum atomic E-state index is -0.396. The number of hydrogen-bond acceptors (Lipinski definition) is 4. The lowest BCUT2D eigenvalue weighted by Gasteiger charge is -2.21. The summed E-state index contributed by atoms with van der Waals surface area (Å²) in [5.74, 6) is 0.842. The first-order valence-corrected chi connectivity index (χ1v) is 13.8. The van der Waals surface area contributed by atoms with Gasteiger partial charge in [0.25, 0.3) is 5.91 Å². The quantitative estimate of drug-likeness (QED) is 0.184. The molecule has 1 N–H and O–H groups in total. The van der Waals surface area contributed by atoms with Crippen molar-refractivity contribution in [2.75, 3.05) is 19.0 Å². The van der Waals surface area contributed by atoms with Crippen molar-refractivity contribution in [1.29, 1.82) is 0 Å². The average molecular weight is 526 g/mol. The first-order chi connectivity index (χ1) is 18.7. The van der Waals surface area contributed by atoms with E-state index < -0.39 is 5.97 Å². The normalized spacial score (nSPS) is 14.5. The van der Waals surface area contributed by atoms with Gasteiger partial charge in [-0.05, 0) is 83.3 Å². The first-order valence-electron chi connectivity index (χ1n) is 13.8. The molecule has 5 nitrogen and oxygen atoms in total. The monoisotopic (exact) mass is 525 g/mol. The summed E-state index contributed by atoms with van der Waals surface area (Å²) in [5.41, 5.74) is 4.50. The number of ether oxygens (including phenoxy) is 2.